The molecule has 1 heterocycles. The van der Waals surface area contributed by atoms with Crippen molar-refractivity contribution in [3.8, 4) is 0 Å². The fraction of sp³-hybridized carbons (Fsp3) is 0.824. The number of aryl methyl sites for hydroxylation is 1. The summed E-state index contributed by atoms with van der Waals surface area (Å²) < 4.78 is 2.01. The minimum atomic E-state index is 0.326. The van der Waals surface area contributed by atoms with Crippen molar-refractivity contribution in [1.82, 2.24) is 14.7 Å². The van der Waals surface area contributed by atoms with Gasteiger partial charge in [-0.1, -0.05) is 26.7 Å². The van der Waals surface area contributed by atoms with E-state index in [1.165, 1.54) is 37.7 Å². The molecule has 4 heteroatoms. The van der Waals surface area contributed by atoms with Crippen LogP contribution in [0.25, 0.3) is 0 Å². The second-order valence-corrected chi connectivity index (χ2v) is 6.74. The molecule has 0 amide bonds. The molecule has 0 radical (unpaired) electrons. The van der Waals surface area contributed by atoms with Crippen LogP contribution in [0.4, 0.5) is 0 Å². The van der Waals surface area contributed by atoms with Gasteiger partial charge in [0.2, 0.25) is 0 Å². The lowest BCUT2D eigenvalue weighted by atomic mass is 10.0. The highest BCUT2D eigenvalue weighted by atomic mass is 15.3. The first-order chi connectivity index (χ1) is 10.2. The van der Waals surface area contributed by atoms with Crippen LogP contribution in [0.5, 0.6) is 0 Å². The van der Waals surface area contributed by atoms with E-state index in [1.54, 1.807) is 0 Å². The molecule has 2 N–H and O–H groups in total. The summed E-state index contributed by atoms with van der Waals surface area (Å²) in [4.78, 5) is 2.67. The number of aromatic nitrogens is 2. The lowest BCUT2D eigenvalue weighted by Crippen LogP contribution is -2.41. The van der Waals surface area contributed by atoms with Crippen LogP contribution < -0.4 is 5.73 Å². The van der Waals surface area contributed by atoms with Crippen LogP contribution in [-0.4, -0.2) is 33.8 Å². The van der Waals surface area contributed by atoms with E-state index in [1.807, 2.05) is 10.9 Å². The summed E-state index contributed by atoms with van der Waals surface area (Å²) in [5.74, 6) is 0.741. The van der Waals surface area contributed by atoms with Gasteiger partial charge in [0.05, 0.1) is 12.2 Å². The third-order valence-corrected chi connectivity index (χ3v) is 4.74. The van der Waals surface area contributed by atoms with E-state index >= 15 is 0 Å². The molecule has 1 aromatic rings. The van der Waals surface area contributed by atoms with E-state index in [0.717, 1.165) is 19.0 Å². The van der Waals surface area contributed by atoms with E-state index in [9.17, 15) is 0 Å². The summed E-state index contributed by atoms with van der Waals surface area (Å²) in [6.45, 7) is 9.50. The van der Waals surface area contributed by atoms with E-state index in [4.69, 9.17) is 5.73 Å². The van der Waals surface area contributed by atoms with Crippen molar-refractivity contribution in [1.29, 1.82) is 0 Å². The minimum Gasteiger partial charge on any atom is -0.329 e. The molecular weight excluding hydrogens is 260 g/mol. The van der Waals surface area contributed by atoms with Gasteiger partial charge in [-0.15, -0.1) is 0 Å². The third kappa shape index (κ3) is 4.30. The Kier molecular flexibility index (Phi) is 6.24. The van der Waals surface area contributed by atoms with Gasteiger partial charge < -0.3 is 5.73 Å². The molecule has 1 aromatic heterocycles. The fourth-order valence-corrected chi connectivity index (χ4v) is 3.42. The molecule has 0 bridgehead atoms. The Morgan fingerprint density at radius 2 is 2.10 bits per heavy atom. The standard InChI is InChI=1S/C17H32N4/c1-4-20-13-15(12-19-20)17(11-18)21(10-9-14(2)3)16-7-5-6-8-16/h12-14,16-17H,4-11,18H2,1-3H3. The quantitative estimate of drug-likeness (QED) is 0.800. The molecule has 120 valence electrons. The summed E-state index contributed by atoms with van der Waals surface area (Å²) in [6.07, 6.45) is 10.8. The number of nitrogens with zero attached hydrogens (tertiary/aromatic N) is 3. The Morgan fingerprint density at radius 1 is 1.38 bits per heavy atom. The van der Waals surface area contributed by atoms with Crippen LogP contribution in [-0.2, 0) is 6.54 Å². The molecule has 2 rings (SSSR count). The summed E-state index contributed by atoms with van der Waals surface area (Å²) in [5, 5.41) is 4.44. The Balaban J connectivity index is 2.14. The molecule has 4 nitrogen and oxygen atoms in total. The average molecular weight is 292 g/mol. The van der Waals surface area contributed by atoms with Crippen molar-refractivity contribution in [2.24, 2.45) is 11.7 Å². The van der Waals surface area contributed by atoms with Crippen molar-refractivity contribution in [2.45, 2.75) is 71.5 Å². The van der Waals surface area contributed by atoms with Gasteiger partial charge >= 0.3 is 0 Å². The summed E-state index contributed by atoms with van der Waals surface area (Å²) >= 11 is 0. The minimum absolute atomic E-state index is 0.326. The zero-order valence-corrected chi connectivity index (χ0v) is 14.0. The van der Waals surface area contributed by atoms with Crippen LogP contribution >= 0.6 is 0 Å². The molecule has 0 aromatic carbocycles. The largest absolute Gasteiger partial charge is 0.329 e. The number of nitrogens with two attached hydrogens (primary N) is 1. The molecule has 0 saturated heterocycles. The second kappa shape index (κ2) is 7.95. The maximum Gasteiger partial charge on any atom is 0.0538 e. The first kappa shape index (κ1) is 16.5. The maximum absolute atomic E-state index is 6.15. The van der Waals surface area contributed by atoms with E-state index in [0.29, 0.717) is 18.6 Å². The summed E-state index contributed by atoms with van der Waals surface area (Å²) in [6, 6.07) is 1.04. The molecular formula is C17H32N4. The van der Waals surface area contributed by atoms with Crippen LogP contribution in [0.1, 0.15) is 64.5 Å². The maximum atomic E-state index is 6.15. The Labute approximate surface area is 129 Å². The highest BCUT2D eigenvalue weighted by Crippen LogP contribution is 2.31. The molecule has 1 fully saturated rings. The van der Waals surface area contributed by atoms with Gasteiger partial charge in [-0.05, 0) is 38.6 Å². The summed E-state index contributed by atoms with van der Waals surface area (Å²) in [5.41, 5.74) is 7.44. The molecule has 1 atom stereocenters. The second-order valence-electron chi connectivity index (χ2n) is 6.74. The molecule has 1 aliphatic rings. The van der Waals surface area contributed by atoms with E-state index in [-0.39, 0.29) is 0 Å². The molecule has 1 saturated carbocycles. The van der Waals surface area contributed by atoms with Gasteiger partial charge in [-0.3, -0.25) is 9.58 Å². The number of hydrogen-bond acceptors (Lipinski definition) is 3. The van der Waals surface area contributed by atoms with Gasteiger partial charge in [0.1, 0.15) is 0 Å². The van der Waals surface area contributed by atoms with E-state index < -0.39 is 0 Å². The highest BCUT2D eigenvalue weighted by Gasteiger charge is 2.29. The zero-order chi connectivity index (χ0) is 15.2. The molecule has 0 spiro atoms. The van der Waals surface area contributed by atoms with Crippen molar-refractivity contribution in [2.75, 3.05) is 13.1 Å². The smallest absolute Gasteiger partial charge is 0.0538 e. The van der Waals surface area contributed by atoms with Gasteiger partial charge in [0, 0.05) is 30.9 Å². The van der Waals surface area contributed by atoms with Crippen LogP contribution in [0.15, 0.2) is 12.4 Å². The number of hydrogen-bond donors (Lipinski definition) is 1. The monoisotopic (exact) mass is 292 g/mol. The normalized spacial score (nSPS) is 18.0. The first-order valence-electron chi connectivity index (χ1n) is 8.63. The Bertz CT molecular complexity index is 407. The molecule has 1 unspecified atom stereocenters. The van der Waals surface area contributed by atoms with Crippen molar-refractivity contribution in [3.05, 3.63) is 18.0 Å². The topological polar surface area (TPSA) is 47.1 Å². The van der Waals surface area contributed by atoms with Crippen molar-refractivity contribution < 1.29 is 0 Å². The lowest BCUT2D eigenvalue weighted by Gasteiger charge is -2.36. The third-order valence-electron chi connectivity index (χ3n) is 4.74. The Morgan fingerprint density at radius 3 is 2.62 bits per heavy atom. The van der Waals surface area contributed by atoms with E-state index in [2.05, 4.69) is 37.0 Å². The molecule has 21 heavy (non-hydrogen) atoms. The van der Waals surface area contributed by atoms with Crippen LogP contribution in [0.2, 0.25) is 0 Å². The summed E-state index contributed by atoms with van der Waals surface area (Å²) in [7, 11) is 0. The van der Waals surface area contributed by atoms with Gasteiger partial charge in [-0.25, -0.2) is 0 Å². The van der Waals surface area contributed by atoms with Gasteiger partial charge in [0.25, 0.3) is 0 Å². The van der Waals surface area contributed by atoms with Crippen LogP contribution in [0, 0.1) is 5.92 Å². The molecule has 1 aliphatic carbocycles. The Hall–Kier alpha value is -0.870. The van der Waals surface area contributed by atoms with Gasteiger partial charge in [-0.2, -0.15) is 5.10 Å². The average Bonchev–Trinajstić information content (AvgIpc) is 3.13. The lowest BCUT2D eigenvalue weighted by molar-refractivity contribution is 0.131. The van der Waals surface area contributed by atoms with Crippen LogP contribution in [0.3, 0.4) is 0 Å². The predicted molar refractivity (Wildman–Crippen MR) is 88.1 cm³/mol. The van der Waals surface area contributed by atoms with Crippen molar-refractivity contribution >= 4 is 0 Å². The SMILES string of the molecule is CCn1cc(C(CN)N(CCC(C)C)C2CCCC2)cn1. The number of rotatable bonds is 8. The highest BCUT2D eigenvalue weighted by molar-refractivity contribution is 5.12. The fourth-order valence-electron chi connectivity index (χ4n) is 3.42. The van der Waals surface area contributed by atoms with Gasteiger partial charge in [0.15, 0.2) is 0 Å². The molecule has 0 aliphatic heterocycles. The predicted octanol–water partition coefficient (Wildman–Crippen LogP) is 3.19. The first-order valence-corrected chi connectivity index (χ1v) is 8.63. The van der Waals surface area contributed by atoms with Crippen molar-refractivity contribution in [3.63, 3.8) is 0 Å². The zero-order valence-electron chi connectivity index (χ0n) is 14.0.